The molecule has 5 nitrogen and oxygen atoms in total. The second kappa shape index (κ2) is 6.61. The molecular weight excluding hydrogens is 262 g/mol. The van der Waals surface area contributed by atoms with Crippen molar-refractivity contribution in [3.63, 3.8) is 0 Å². The van der Waals surface area contributed by atoms with Crippen LogP contribution in [0.2, 0.25) is 0 Å². The van der Waals surface area contributed by atoms with Gasteiger partial charge in [-0.2, -0.15) is 0 Å². The van der Waals surface area contributed by atoms with E-state index in [1.54, 1.807) is 14.0 Å². The number of rotatable bonds is 6. The lowest BCUT2D eigenvalue weighted by Gasteiger charge is -2.26. The van der Waals surface area contributed by atoms with E-state index in [-0.39, 0.29) is 6.10 Å². The van der Waals surface area contributed by atoms with Crippen molar-refractivity contribution < 1.29 is 23.6 Å². The van der Waals surface area contributed by atoms with Gasteiger partial charge >= 0.3 is 0 Å². The number of methoxy groups -OCH3 is 2. The fourth-order valence-electron chi connectivity index (χ4n) is 1.71. The zero-order valence-corrected chi connectivity index (χ0v) is 11.9. The topological polar surface area (TPSA) is 57.2 Å². The third kappa shape index (κ3) is 3.99. The summed E-state index contributed by atoms with van der Waals surface area (Å²) in [7, 11) is 8.85. The molecule has 0 amide bonds. The third-order valence-corrected chi connectivity index (χ3v) is 5.04. The van der Waals surface area contributed by atoms with Crippen LogP contribution in [-0.4, -0.2) is 64.0 Å². The molecule has 2 radical (unpaired) electrons. The molecule has 1 rings (SSSR count). The summed E-state index contributed by atoms with van der Waals surface area (Å²) in [4.78, 5) is 9.88. The Hall–Kier alpha value is 0.515. The Morgan fingerprint density at radius 1 is 1.41 bits per heavy atom. The van der Waals surface area contributed by atoms with Crippen molar-refractivity contribution in [3.05, 3.63) is 0 Å². The molecule has 98 valence electrons. The van der Waals surface area contributed by atoms with E-state index in [0.717, 1.165) is 0 Å². The van der Waals surface area contributed by atoms with Gasteiger partial charge < -0.3 is 23.6 Å². The van der Waals surface area contributed by atoms with Gasteiger partial charge in [-0.1, -0.05) is 6.92 Å². The Morgan fingerprint density at radius 2 is 2.06 bits per heavy atom. The second-order valence-corrected chi connectivity index (χ2v) is 7.65. The van der Waals surface area contributed by atoms with E-state index in [0.29, 0.717) is 12.8 Å². The van der Waals surface area contributed by atoms with Gasteiger partial charge in [-0.3, -0.25) is 0 Å². The van der Waals surface area contributed by atoms with Crippen LogP contribution in [0, 0.1) is 0 Å². The molecule has 0 aromatic carbocycles. The van der Waals surface area contributed by atoms with Gasteiger partial charge in [0.25, 0.3) is 0 Å². The molecule has 0 spiro atoms. The molecule has 1 N–H and O–H groups in total. The van der Waals surface area contributed by atoms with Crippen molar-refractivity contribution in [1.82, 2.24) is 0 Å². The summed E-state index contributed by atoms with van der Waals surface area (Å²) in [5.74, 6) is 0. The van der Waals surface area contributed by atoms with Crippen LogP contribution >= 0.6 is 6.49 Å². The van der Waals surface area contributed by atoms with Crippen LogP contribution in [0.15, 0.2) is 0 Å². The van der Waals surface area contributed by atoms with Crippen molar-refractivity contribution in [2.24, 2.45) is 0 Å². The molecule has 0 aliphatic carbocycles. The van der Waals surface area contributed by atoms with E-state index in [2.05, 4.69) is 0 Å². The van der Waals surface area contributed by atoms with Crippen LogP contribution in [0.5, 0.6) is 0 Å². The molecule has 1 aliphatic heterocycles. The highest BCUT2D eigenvalue weighted by Gasteiger charge is 2.45. The molecule has 2 unspecified atom stereocenters. The van der Waals surface area contributed by atoms with Gasteiger partial charge in [0.15, 0.2) is 6.49 Å². The highest BCUT2D eigenvalue weighted by molar-refractivity contribution is 8.09. The molecule has 0 saturated carbocycles. The van der Waals surface area contributed by atoms with Crippen LogP contribution < -0.4 is 0 Å². The molecule has 1 saturated heterocycles. The Kier molecular flexibility index (Phi) is 6.06. The lowest BCUT2D eigenvalue weighted by atomic mass is 9.93. The summed E-state index contributed by atoms with van der Waals surface area (Å²) < 4.78 is 21.3. The molecule has 5 atom stereocenters. The van der Waals surface area contributed by atoms with E-state index in [9.17, 15) is 4.89 Å². The molecule has 0 aromatic heterocycles. The van der Waals surface area contributed by atoms with E-state index in [1.807, 2.05) is 0 Å². The zero-order chi connectivity index (χ0) is 13.1. The monoisotopic (exact) mass is 280 g/mol. The van der Waals surface area contributed by atoms with Crippen molar-refractivity contribution in [1.29, 1.82) is 0 Å². The number of hydrogen-bond donors (Lipinski definition) is 1. The summed E-state index contributed by atoms with van der Waals surface area (Å²) in [6.45, 7) is -0.700. The highest BCUT2D eigenvalue weighted by atomic mass is 32.5. The fourth-order valence-corrected chi connectivity index (χ4v) is 2.80. The third-order valence-electron chi connectivity index (χ3n) is 2.64. The maximum absolute atomic E-state index is 9.88. The summed E-state index contributed by atoms with van der Waals surface area (Å²) >= 11 is 5.01. The minimum atomic E-state index is -2.80. The number of hydrogen-bond acceptors (Lipinski definition) is 5. The molecule has 1 fully saturated rings. The van der Waals surface area contributed by atoms with Crippen molar-refractivity contribution in [2.45, 2.75) is 31.2 Å². The van der Waals surface area contributed by atoms with E-state index in [1.165, 1.54) is 7.11 Å². The van der Waals surface area contributed by atoms with Crippen LogP contribution in [0.4, 0.5) is 0 Å². The van der Waals surface area contributed by atoms with Crippen LogP contribution in [0.3, 0.4) is 0 Å². The Morgan fingerprint density at radius 3 is 2.53 bits per heavy atom. The minimum absolute atomic E-state index is 0.317. The van der Waals surface area contributed by atoms with Gasteiger partial charge in [0.1, 0.15) is 26.2 Å². The van der Waals surface area contributed by atoms with Gasteiger partial charge in [0.2, 0.25) is 0 Å². The fraction of sp³-hybridized carbons (Fsp3) is 1.00. The molecule has 17 heavy (non-hydrogen) atoms. The van der Waals surface area contributed by atoms with E-state index < -0.39 is 24.7 Å². The van der Waals surface area contributed by atoms with Crippen molar-refractivity contribution in [2.75, 3.05) is 27.0 Å². The van der Waals surface area contributed by atoms with Crippen LogP contribution in [0.25, 0.3) is 0 Å². The first kappa shape index (κ1) is 15.6. The largest absolute Gasteiger partial charge is 0.382 e. The first-order valence-corrected chi connectivity index (χ1v) is 8.24. The predicted molar refractivity (Wildman–Crippen MR) is 69.0 cm³/mol. The maximum Gasteiger partial charge on any atom is 0.186 e. The standard InChI is InChI=1S/C9H18BO5PS/c1-4-16(11,17)15-7-6(5-12-2)14-9(10)8(7)13-3/h6-9H,4-5H2,1-3H3,(H,11,17)/t6-,7+,8?,9-,16?/m1/s1. The summed E-state index contributed by atoms with van der Waals surface area (Å²) in [6, 6.07) is -0.600. The molecule has 0 bridgehead atoms. The Balaban J connectivity index is 2.77. The second-order valence-electron chi connectivity index (χ2n) is 3.82. The van der Waals surface area contributed by atoms with Crippen LogP contribution in [0.1, 0.15) is 6.92 Å². The quantitative estimate of drug-likeness (QED) is 0.556. The van der Waals surface area contributed by atoms with Crippen molar-refractivity contribution in [3.8, 4) is 0 Å². The average molecular weight is 280 g/mol. The lowest BCUT2D eigenvalue weighted by Crippen LogP contribution is -2.37. The van der Waals surface area contributed by atoms with E-state index in [4.69, 9.17) is 38.4 Å². The Labute approximate surface area is 108 Å². The summed E-state index contributed by atoms with van der Waals surface area (Å²) in [6.07, 6.45) is -0.924. The Bertz CT molecular complexity index is 293. The van der Waals surface area contributed by atoms with Gasteiger partial charge in [-0.15, -0.1) is 0 Å². The molecule has 8 heteroatoms. The lowest BCUT2D eigenvalue weighted by molar-refractivity contribution is -0.0132. The predicted octanol–water partition coefficient (Wildman–Crippen LogP) is 0.248. The van der Waals surface area contributed by atoms with Crippen LogP contribution in [-0.2, 0) is 30.5 Å². The van der Waals surface area contributed by atoms with Gasteiger partial charge in [0.05, 0.1) is 6.61 Å². The van der Waals surface area contributed by atoms with Gasteiger partial charge in [-0.25, -0.2) is 0 Å². The SMILES string of the molecule is [B][C@@H]1O[C@H](COC)[C@H](OP(O)(=S)CC)C1OC. The number of ether oxygens (including phenoxy) is 3. The highest BCUT2D eigenvalue weighted by Crippen LogP contribution is 2.46. The summed E-state index contributed by atoms with van der Waals surface area (Å²) in [5, 5.41) is 0. The normalized spacial score (nSPS) is 36.9. The maximum atomic E-state index is 9.88. The van der Waals surface area contributed by atoms with Gasteiger partial charge in [0, 0.05) is 26.4 Å². The van der Waals surface area contributed by atoms with Crippen molar-refractivity contribution >= 4 is 26.1 Å². The average Bonchev–Trinajstić information content (AvgIpc) is 2.55. The summed E-state index contributed by atoms with van der Waals surface area (Å²) in [5.41, 5.74) is 0. The smallest absolute Gasteiger partial charge is 0.186 e. The molecular formula is C9H18BO5PS. The molecule has 1 heterocycles. The van der Waals surface area contributed by atoms with E-state index >= 15 is 0 Å². The first-order valence-electron chi connectivity index (χ1n) is 5.38. The van der Waals surface area contributed by atoms with Gasteiger partial charge in [-0.05, 0) is 11.8 Å². The molecule has 1 aliphatic rings. The first-order chi connectivity index (χ1) is 7.95. The zero-order valence-electron chi connectivity index (χ0n) is 10.2. The molecule has 0 aromatic rings. The minimum Gasteiger partial charge on any atom is -0.382 e.